The molecule has 0 saturated carbocycles. The van der Waals surface area contributed by atoms with Gasteiger partial charge in [-0.05, 0) is 20.3 Å². The Bertz CT molecular complexity index is 643. The monoisotopic (exact) mass is 292 g/mol. The van der Waals surface area contributed by atoms with Crippen LogP contribution in [-0.4, -0.2) is 30.5 Å². The molecule has 0 atom stereocenters. The number of anilines is 1. The van der Waals surface area contributed by atoms with E-state index < -0.39 is 5.97 Å². The van der Waals surface area contributed by atoms with Crippen molar-refractivity contribution >= 4 is 11.7 Å². The lowest BCUT2D eigenvalue weighted by Crippen LogP contribution is -2.15. The van der Waals surface area contributed by atoms with Crippen LogP contribution in [-0.2, 0) is 24.8 Å². The van der Waals surface area contributed by atoms with E-state index in [1.165, 1.54) is 11.0 Å². The van der Waals surface area contributed by atoms with Crippen LogP contribution in [0.4, 0.5) is 5.69 Å². The minimum atomic E-state index is -0.513. The van der Waals surface area contributed by atoms with Gasteiger partial charge in [0.2, 0.25) is 0 Å². The molecule has 0 aliphatic carbocycles. The van der Waals surface area contributed by atoms with E-state index in [2.05, 4.69) is 15.2 Å². The fourth-order valence-corrected chi connectivity index (χ4v) is 2.11. The molecule has 2 aromatic heterocycles. The van der Waals surface area contributed by atoms with Crippen molar-refractivity contribution in [3.05, 3.63) is 23.5 Å². The second kappa shape index (κ2) is 5.94. The number of aryl methyl sites for hydroxylation is 2. The van der Waals surface area contributed by atoms with Gasteiger partial charge in [0.15, 0.2) is 18.1 Å². The van der Waals surface area contributed by atoms with Crippen LogP contribution >= 0.6 is 0 Å². The molecule has 2 aromatic rings. The zero-order chi connectivity index (χ0) is 15.6. The standard InChI is InChI=1S/C13H20N6O2/c1-5-9-11(14)12(18(4)17-9)13(20)21-6-10-15-7-16-19(10)8(2)3/h7-8H,5-6,14H2,1-4H3. The molecule has 0 saturated heterocycles. The summed E-state index contributed by atoms with van der Waals surface area (Å²) in [6.07, 6.45) is 2.10. The Morgan fingerprint density at radius 1 is 1.48 bits per heavy atom. The van der Waals surface area contributed by atoms with Gasteiger partial charge >= 0.3 is 5.97 Å². The molecule has 2 rings (SSSR count). The summed E-state index contributed by atoms with van der Waals surface area (Å²) in [5.74, 6) is 0.0790. The van der Waals surface area contributed by atoms with Crippen LogP contribution in [0, 0.1) is 0 Å². The lowest BCUT2D eigenvalue weighted by molar-refractivity contribution is 0.0443. The van der Waals surface area contributed by atoms with Crippen molar-refractivity contribution in [2.45, 2.75) is 39.8 Å². The highest BCUT2D eigenvalue weighted by molar-refractivity contribution is 5.93. The number of carbonyl (C=O) groups is 1. The average Bonchev–Trinajstić information content (AvgIpc) is 3.00. The minimum absolute atomic E-state index is 0.0447. The molecule has 0 spiro atoms. The highest BCUT2D eigenvalue weighted by atomic mass is 16.5. The van der Waals surface area contributed by atoms with E-state index in [4.69, 9.17) is 10.5 Å². The predicted octanol–water partition coefficient (Wildman–Crippen LogP) is 1.09. The Labute approximate surface area is 122 Å². The van der Waals surface area contributed by atoms with Crippen LogP contribution in [0.3, 0.4) is 0 Å². The average molecular weight is 292 g/mol. The van der Waals surface area contributed by atoms with Gasteiger partial charge in [0.25, 0.3) is 0 Å². The summed E-state index contributed by atoms with van der Waals surface area (Å²) >= 11 is 0. The number of nitrogens with zero attached hydrogens (tertiary/aromatic N) is 5. The smallest absolute Gasteiger partial charge is 0.359 e. The Kier molecular flexibility index (Phi) is 4.25. The number of nitrogens with two attached hydrogens (primary N) is 1. The summed E-state index contributed by atoms with van der Waals surface area (Å²) in [7, 11) is 1.67. The second-order valence-electron chi connectivity index (χ2n) is 4.98. The number of ether oxygens (including phenoxy) is 1. The maximum atomic E-state index is 12.2. The molecular formula is C13H20N6O2. The van der Waals surface area contributed by atoms with Gasteiger partial charge in [-0.2, -0.15) is 10.2 Å². The lowest BCUT2D eigenvalue weighted by Gasteiger charge is -2.10. The van der Waals surface area contributed by atoms with Gasteiger partial charge in [-0.1, -0.05) is 6.92 Å². The van der Waals surface area contributed by atoms with Crippen molar-refractivity contribution in [2.24, 2.45) is 7.05 Å². The first kappa shape index (κ1) is 15.0. The topological polar surface area (TPSA) is 101 Å². The van der Waals surface area contributed by atoms with E-state index >= 15 is 0 Å². The van der Waals surface area contributed by atoms with E-state index in [9.17, 15) is 4.79 Å². The van der Waals surface area contributed by atoms with Crippen LogP contribution in [0.5, 0.6) is 0 Å². The third kappa shape index (κ3) is 2.88. The van der Waals surface area contributed by atoms with Crippen molar-refractivity contribution in [3.63, 3.8) is 0 Å². The number of carbonyl (C=O) groups excluding carboxylic acids is 1. The van der Waals surface area contributed by atoms with Gasteiger partial charge < -0.3 is 10.5 Å². The van der Waals surface area contributed by atoms with E-state index in [0.717, 1.165) is 0 Å². The second-order valence-corrected chi connectivity index (χ2v) is 4.98. The van der Waals surface area contributed by atoms with E-state index in [-0.39, 0.29) is 18.3 Å². The molecule has 2 heterocycles. The van der Waals surface area contributed by atoms with E-state index in [1.807, 2.05) is 20.8 Å². The molecule has 2 N–H and O–H groups in total. The van der Waals surface area contributed by atoms with Crippen molar-refractivity contribution < 1.29 is 9.53 Å². The first-order valence-electron chi connectivity index (χ1n) is 6.82. The van der Waals surface area contributed by atoms with Gasteiger partial charge in [-0.3, -0.25) is 4.68 Å². The summed E-state index contributed by atoms with van der Waals surface area (Å²) in [5, 5.41) is 8.29. The molecule has 114 valence electrons. The Balaban J connectivity index is 2.12. The van der Waals surface area contributed by atoms with Crippen molar-refractivity contribution in [2.75, 3.05) is 5.73 Å². The Morgan fingerprint density at radius 3 is 2.76 bits per heavy atom. The minimum Gasteiger partial charge on any atom is -0.453 e. The zero-order valence-corrected chi connectivity index (χ0v) is 12.7. The van der Waals surface area contributed by atoms with Gasteiger partial charge in [-0.25, -0.2) is 14.5 Å². The summed E-state index contributed by atoms with van der Waals surface area (Å²) in [6.45, 7) is 5.93. The quantitative estimate of drug-likeness (QED) is 0.828. The van der Waals surface area contributed by atoms with Crippen molar-refractivity contribution in [1.82, 2.24) is 24.5 Å². The number of hydrogen-bond donors (Lipinski definition) is 1. The molecule has 0 aliphatic heterocycles. The molecule has 21 heavy (non-hydrogen) atoms. The molecule has 0 radical (unpaired) electrons. The van der Waals surface area contributed by atoms with E-state index in [0.29, 0.717) is 23.6 Å². The number of hydrogen-bond acceptors (Lipinski definition) is 6. The first-order valence-corrected chi connectivity index (χ1v) is 6.82. The fraction of sp³-hybridized carbons (Fsp3) is 0.538. The maximum Gasteiger partial charge on any atom is 0.359 e. The van der Waals surface area contributed by atoms with Crippen molar-refractivity contribution in [3.8, 4) is 0 Å². The van der Waals surface area contributed by atoms with Crippen LogP contribution in [0.1, 0.15) is 48.8 Å². The summed E-state index contributed by atoms with van der Waals surface area (Å²) in [4.78, 5) is 16.3. The third-order valence-corrected chi connectivity index (χ3v) is 3.16. The highest BCUT2D eigenvalue weighted by Gasteiger charge is 2.21. The van der Waals surface area contributed by atoms with Crippen LogP contribution < -0.4 is 5.73 Å². The largest absolute Gasteiger partial charge is 0.453 e. The SMILES string of the molecule is CCc1nn(C)c(C(=O)OCc2ncnn2C(C)C)c1N. The van der Waals surface area contributed by atoms with Gasteiger partial charge in [0.1, 0.15) is 6.33 Å². The number of aromatic nitrogens is 5. The molecule has 0 fully saturated rings. The first-order chi connectivity index (χ1) is 9.95. The number of esters is 1. The molecule has 8 heteroatoms. The maximum absolute atomic E-state index is 12.2. The van der Waals surface area contributed by atoms with Gasteiger partial charge in [-0.15, -0.1) is 0 Å². The zero-order valence-electron chi connectivity index (χ0n) is 12.7. The summed E-state index contributed by atoms with van der Waals surface area (Å²) in [6, 6.07) is 0.148. The summed E-state index contributed by atoms with van der Waals surface area (Å²) in [5.41, 5.74) is 7.25. The molecule has 0 bridgehead atoms. The van der Waals surface area contributed by atoms with E-state index in [1.54, 1.807) is 11.7 Å². The molecule has 8 nitrogen and oxygen atoms in total. The molecule has 0 amide bonds. The molecular weight excluding hydrogens is 272 g/mol. The lowest BCUT2D eigenvalue weighted by atomic mass is 10.2. The van der Waals surface area contributed by atoms with Crippen molar-refractivity contribution in [1.29, 1.82) is 0 Å². The van der Waals surface area contributed by atoms with Gasteiger partial charge in [0, 0.05) is 13.1 Å². The predicted molar refractivity (Wildman–Crippen MR) is 76.5 cm³/mol. The fourth-order valence-electron chi connectivity index (χ4n) is 2.11. The van der Waals surface area contributed by atoms with Crippen LogP contribution in [0.2, 0.25) is 0 Å². The Hall–Kier alpha value is -2.38. The molecule has 0 aromatic carbocycles. The van der Waals surface area contributed by atoms with Gasteiger partial charge in [0.05, 0.1) is 11.4 Å². The highest BCUT2D eigenvalue weighted by Crippen LogP contribution is 2.18. The van der Waals surface area contributed by atoms with Crippen LogP contribution in [0.25, 0.3) is 0 Å². The third-order valence-electron chi connectivity index (χ3n) is 3.16. The number of rotatable bonds is 5. The van der Waals surface area contributed by atoms with Crippen LogP contribution in [0.15, 0.2) is 6.33 Å². The molecule has 0 unspecified atom stereocenters. The normalized spacial score (nSPS) is 11.1. The summed E-state index contributed by atoms with van der Waals surface area (Å²) < 4.78 is 8.43. The number of nitrogen functional groups attached to an aromatic ring is 1. The Morgan fingerprint density at radius 2 is 2.19 bits per heavy atom. The molecule has 0 aliphatic rings.